The zero-order chi connectivity index (χ0) is 18.4. The largest absolute Gasteiger partial charge is 0.508 e. The maximum atomic E-state index is 12.4. The Hall–Kier alpha value is -2.63. The average molecular weight is 364 g/mol. The van der Waals surface area contributed by atoms with Crippen LogP contribution >= 0.6 is 0 Å². The molecule has 3 N–H and O–H groups in total. The Morgan fingerprint density at radius 3 is 2.41 bits per heavy atom. The Kier molecular flexibility index (Phi) is 3.81. The number of carbonyl (C=O) groups is 1. The maximum absolute atomic E-state index is 12.4. The lowest BCUT2D eigenvalue weighted by molar-refractivity contribution is -0.00721. The van der Waals surface area contributed by atoms with Crippen LogP contribution in [0.15, 0.2) is 35.4 Å². The summed E-state index contributed by atoms with van der Waals surface area (Å²) in [5, 5.41) is 20.7. The summed E-state index contributed by atoms with van der Waals surface area (Å²) in [4.78, 5) is 12.4. The molecule has 4 saturated carbocycles. The minimum absolute atomic E-state index is 0.199. The number of hydrazone groups is 1. The lowest BCUT2D eigenvalue weighted by Crippen LogP contribution is -2.48. The molecule has 0 atom stereocenters. The molecule has 4 aliphatic carbocycles. The number of H-pyrrole nitrogens is 1. The minimum atomic E-state index is -0.308. The molecule has 1 aromatic heterocycles. The summed E-state index contributed by atoms with van der Waals surface area (Å²) in [6, 6.07) is 8.54. The highest BCUT2D eigenvalue weighted by atomic mass is 16.3. The van der Waals surface area contributed by atoms with Crippen LogP contribution in [0.2, 0.25) is 0 Å². The first-order valence-electron chi connectivity index (χ1n) is 9.78. The number of hydrogen-bond donors (Lipinski definition) is 3. The molecule has 6 heteroatoms. The van der Waals surface area contributed by atoms with E-state index in [2.05, 4.69) is 20.7 Å². The second kappa shape index (κ2) is 6.22. The quantitative estimate of drug-likeness (QED) is 0.574. The summed E-state index contributed by atoms with van der Waals surface area (Å²) in [6.45, 7) is 0. The van der Waals surface area contributed by atoms with Gasteiger partial charge in [-0.1, -0.05) is 0 Å². The standard InChI is InChI=1S/C21H24N4O2/c26-17-3-1-13(2-4-17)12-22-25-20(27)18-8-19(24-23-18)21-9-14-5-15(10-21)7-16(6-14)11-21/h1-4,8,12,14-16,26H,5-7,9-11H2,(H,23,24)(H,25,27)/b22-12+. The number of aromatic amines is 1. The number of phenolic OH excluding ortho intramolecular Hbond substituents is 1. The first-order chi connectivity index (χ1) is 13.1. The predicted molar refractivity (Wildman–Crippen MR) is 102 cm³/mol. The first kappa shape index (κ1) is 16.5. The fourth-order valence-corrected chi connectivity index (χ4v) is 5.93. The van der Waals surface area contributed by atoms with Crippen molar-refractivity contribution in [2.75, 3.05) is 0 Å². The first-order valence-corrected chi connectivity index (χ1v) is 9.78. The average Bonchev–Trinajstić information content (AvgIpc) is 3.13. The van der Waals surface area contributed by atoms with Gasteiger partial charge in [-0.05, 0) is 92.2 Å². The Morgan fingerprint density at radius 2 is 1.78 bits per heavy atom. The molecule has 0 aliphatic heterocycles. The Balaban J connectivity index is 1.28. The number of hydrogen-bond acceptors (Lipinski definition) is 4. The summed E-state index contributed by atoms with van der Waals surface area (Å²) in [5.41, 5.74) is 5.06. The monoisotopic (exact) mass is 364 g/mol. The van der Waals surface area contributed by atoms with Crippen LogP contribution in [-0.4, -0.2) is 27.4 Å². The van der Waals surface area contributed by atoms with Gasteiger partial charge in [0.2, 0.25) is 0 Å². The van der Waals surface area contributed by atoms with Crippen molar-refractivity contribution < 1.29 is 9.90 Å². The third kappa shape index (κ3) is 3.03. The van der Waals surface area contributed by atoms with Gasteiger partial charge >= 0.3 is 0 Å². The van der Waals surface area contributed by atoms with Crippen molar-refractivity contribution in [1.82, 2.24) is 15.6 Å². The van der Waals surface area contributed by atoms with E-state index in [0.29, 0.717) is 5.69 Å². The van der Waals surface area contributed by atoms with E-state index in [1.54, 1.807) is 30.5 Å². The molecule has 4 aliphatic rings. The van der Waals surface area contributed by atoms with Crippen molar-refractivity contribution in [1.29, 1.82) is 0 Å². The molecule has 4 bridgehead atoms. The number of carbonyl (C=O) groups excluding carboxylic acids is 1. The fourth-order valence-electron chi connectivity index (χ4n) is 5.93. The van der Waals surface area contributed by atoms with Crippen LogP contribution in [0.25, 0.3) is 0 Å². The highest BCUT2D eigenvalue weighted by Crippen LogP contribution is 2.60. The molecule has 27 heavy (non-hydrogen) atoms. The van der Waals surface area contributed by atoms with Gasteiger partial charge < -0.3 is 5.11 Å². The number of amides is 1. The number of nitrogens with one attached hydrogen (secondary N) is 2. The van der Waals surface area contributed by atoms with E-state index in [1.165, 1.54) is 38.5 Å². The van der Waals surface area contributed by atoms with Gasteiger partial charge in [0.25, 0.3) is 5.91 Å². The van der Waals surface area contributed by atoms with Crippen molar-refractivity contribution in [3.8, 4) is 5.75 Å². The zero-order valence-electron chi connectivity index (χ0n) is 15.2. The van der Waals surface area contributed by atoms with Crippen molar-refractivity contribution in [2.24, 2.45) is 22.9 Å². The maximum Gasteiger partial charge on any atom is 0.291 e. The molecule has 0 radical (unpaired) electrons. The number of benzene rings is 1. The molecule has 1 heterocycles. The molecule has 0 spiro atoms. The van der Waals surface area contributed by atoms with Gasteiger partial charge in [0, 0.05) is 11.1 Å². The highest BCUT2D eigenvalue weighted by molar-refractivity contribution is 5.93. The Morgan fingerprint density at radius 1 is 1.15 bits per heavy atom. The van der Waals surface area contributed by atoms with Crippen LogP contribution in [0.4, 0.5) is 0 Å². The van der Waals surface area contributed by atoms with Crippen LogP contribution in [0.5, 0.6) is 5.75 Å². The van der Waals surface area contributed by atoms with Crippen molar-refractivity contribution in [2.45, 2.75) is 43.9 Å². The van der Waals surface area contributed by atoms with Crippen LogP contribution in [0.3, 0.4) is 0 Å². The van der Waals surface area contributed by atoms with Crippen molar-refractivity contribution >= 4 is 12.1 Å². The van der Waals surface area contributed by atoms with Gasteiger partial charge in [-0.15, -0.1) is 0 Å². The van der Waals surface area contributed by atoms with Gasteiger partial charge in [-0.3, -0.25) is 9.89 Å². The third-order valence-electron chi connectivity index (χ3n) is 6.69. The lowest BCUT2D eigenvalue weighted by atomic mass is 9.49. The molecule has 0 unspecified atom stereocenters. The summed E-state index contributed by atoms with van der Waals surface area (Å²) >= 11 is 0. The van der Waals surface area contributed by atoms with Crippen LogP contribution < -0.4 is 5.43 Å². The van der Waals surface area contributed by atoms with Gasteiger partial charge in [-0.2, -0.15) is 10.2 Å². The Bertz CT molecular complexity index is 849. The van der Waals surface area contributed by atoms with Crippen LogP contribution in [-0.2, 0) is 5.41 Å². The molecule has 6 rings (SSSR count). The van der Waals surface area contributed by atoms with Gasteiger partial charge in [-0.25, -0.2) is 5.43 Å². The van der Waals surface area contributed by atoms with E-state index < -0.39 is 0 Å². The second-order valence-corrected chi connectivity index (χ2v) is 8.66. The van der Waals surface area contributed by atoms with Crippen molar-refractivity contribution in [3.05, 3.63) is 47.3 Å². The number of nitrogens with zero attached hydrogens (tertiary/aromatic N) is 2. The summed E-state index contributed by atoms with van der Waals surface area (Å²) in [5.74, 6) is 2.45. The molecular weight excluding hydrogens is 340 g/mol. The lowest BCUT2D eigenvalue weighted by Gasteiger charge is -2.56. The molecule has 1 amide bonds. The van der Waals surface area contributed by atoms with E-state index in [9.17, 15) is 9.90 Å². The molecule has 2 aromatic rings. The van der Waals surface area contributed by atoms with E-state index in [4.69, 9.17) is 0 Å². The molecule has 4 fully saturated rings. The molecule has 140 valence electrons. The Labute approximate surface area is 158 Å². The molecular formula is C21H24N4O2. The number of rotatable bonds is 4. The third-order valence-corrected chi connectivity index (χ3v) is 6.69. The molecule has 6 nitrogen and oxygen atoms in total. The van der Waals surface area contributed by atoms with E-state index in [-0.39, 0.29) is 17.1 Å². The van der Waals surface area contributed by atoms with E-state index in [1.807, 2.05) is 6.07 Å². The second-order valence-electron chi connectivity index (χ2n) is 8.66. The summed E-state index contributed by atoms with van der Waals surface area (Å²) in [7, 11) is 0. The van der Waals surface area contributed by atoms with Crippen LogP contribution in [0.1, 0.15) is 60.3 Å². The minimum Gasteiger partial charge on any atom is -0.508 e. The summed E-state index contributed by atoms with van der Waals surface area (Å²) < 4.78 is 0. The van der Waals surface area contributed by atoms with E-state index in [0.717, 1.165) is 29.0 Å². The van der Waals surface area contributed by atoms with E-state index >= 15 is 0 Å². The summed E-state index contributed by atoms with van der Waals surface area (Å²) in [6.07, 6.45) is 9.44. The fraction of sp³-hybridized carbons (Fsp3) is 0.476. The number of aromatic nitrogens is 2. The van der Waals surface area contributed by atoms with Gasteiger partial charge in [0.15, 0.2) is 5.69 Å². The van der Waals surface area contributed by atoms with Gasteiger partial charge in [0.05, 0.1) is 6.21 Å². The normalized spacial score (nSPS) is 31.5. The molecule has 0 saturated heterocycles. The number of aromatic hydroxyl groups is 1. The molecule has 1 aromatic carbocycles. The topological polar surface area (TPSA) is 90.4 Å². The van der Waals surface area contributed by atoms with Crippen molar-refractivity contribution in [3.63, 3.8) is 0 Å². The zero-order valence-corrected chi connectivity index (χ0v) is 15.2. The number of phenols is 1. The predicted octanol–water partition coefficient (Wildman–Crippen LogP) is 3.35. The van der Waals surface area contributed by atoms with Gasteiger partial charge in [0.1, 0.15) is 5.75 Å². The highest BCUT2D eigenvalue weighted by Gasteiger charge is 2.52. The smallest absolute Gasteiger partial charge is 0.291 e. The SMILES string of the molecule is O=C(N/N=C/c1ccc(O)cc1)c1cc(C23CC4CC(CC(C4)C2)C3)[nH]n1. The van der Waals surface area contributed by atoms with Crippen LogP contribution in [0, 0.1) is 17.8 Å².